The van der Waals surface area contributed by atoms with E-state index in [9.17, 15) is 5.11 Å². The molecular formula is C12H9Cl2IOS. The first kappa shape index (κ1) is 13.6. The lowest BCUT2D eigenvalue weighted by Crippen LogP contribution is -2.00. The summed E-state index contributed by atoms with van der Waals surface area (Å²) >= 11 is 15.5. The van der Waals surface area contributed by atoms with Gasteiger partial charge in [-0.2, -0.15) is 0 Å². The zero-order valence-corrected chi connectivity index (χ0v) is 13.1. The maximum atomic E-state index is 10.1. The van der Waals surface area contributed by atoms with Gasteiger partial charge in [-0.25, -0.2) is 0 Å². The molecule has 0 fully saturated rings. The van der Waals surface area contributed by atoms with Crippen LogP contribution in [0.1, 0.15) is 16.5 Å². The van der Waals surface area contributed by atoms with Crippen molar-refractivity contribution in [2.75, 3.05) is 0 Å². The highest BCUT2D eigenvalue weighted by Crippen LogP contribution is 2.28. The van der Waals surface area contributed by atoms with E-state index in [1.807, 2.05) is 30.3 Å². The predicted molar refractivity (Wildman–Crippen MR) is 82.2 cm³/mol. The van der Waals surface area contributed by atoms with Crippen LogP contribution in [0.15, 0.2) is 30.3 Å². The van der Waals surface area contributed by atoms with Crippen molar-refractivity contribution in [3.05, 3.63) is 53.7 Å². The van der Waals surface area contributed by atoms with E-state index in [0.29, 0.717) is 11.4 Å². The molecule has 5 heteroatoms. The molecule has 0 aliphatic heterocycles. The fourth-order valence-corrected chi connectivity index (χ4v) is 3.14. The summed E-state index contributed by atoms with van der Waals surface area (Å²) in [4.78, 5) is 1.07. The van der Waals surface area contributed by atoms with E-state index in [2.05, 4.69) is 22.6 Å². The minimum atomic E-state index is -0.542. The van der Waals surface area contributed by atoms with Gasteiger partial charge in [0.25, 0.3) is 0 Å². The van der Waals surface area contributed by atoms with Crippen LogP contribution in [0.25, 0.3) is 0 Å². The third-order valence-electron chi connectivity index (χ3n) is 2.35. The van der Waals surface area contributed by atoms with Gasteiger partial charge in [0, 0.05) is 14.9 Å². The van der Waals surface area contributed by atoms with E-state index in [4.69, 9.17) is 23.2 Å². The van der Waals surface area contributed by atoms with Crippen LogP contribution >= 0.6 is 57.1 Å². The van der Waals surface area contributed by atoms with Gasteiger partial charge in [-0.3, -0.25) is 0 Å². The van der Waals surface area contributed by atoms with Crippen molar-refractivity contribution in [2.24, 2.45) is 0 Å². The maximum absolute atomic E-state index is 10.1. The van der Waals surface area contributed by atoms with E-state index in [-0.39, 0.29) is 0 Å². The van der Waals surface area contributed by atoms with E-state index in [0.717, 1.165) is 18.3 Å². The Labute approximate surface area is 128 Å². The molecule has 1 heterocycles. The number of benzene rings is 1. The Morgan fingerprint density at radius 1 is 1.24 bits per heavy atom. The molecule has 1 aromatic heterocycles. The van der Waals surface area contributed by atoms with E-state index < -0.39 is 6.10 Å². The van der Waals surface area contributed by atoms with E-state index in [1.54, 1.807) is 0 Å². The maximum Gasteiger partial charge on any atom is 0.0931 e. The molecule has 90 valence electrons. The predicted octanol–water partition coefficient (Wildman–Crippen LogP) is 4.94. The molecule has 1 N–H and O–H groups in total. The van der Waals surface area contributed by atoms with Crippen LogP contribution in [0, 0.1) is 3.57 Å². The Hall–Kier alpha value is 0.190. The van der Waals surface area contributed by atoms with Crippen LogP contribution in [0.2, 0.25) is 9.36 Å². The average molecular weight is 399 g/mol. The lowest BCUT2D eigenvalue weighted by Gasteiger charge is -2.10. The molecule has 1 atom stereocenters. The summed E-state index contributed by atoms with van der Waals surface area (Å²) in [6.07, 6.45) is 0.0214. The monoisotopic (exact) mass is 398 g/mol. The summed E-state index contributed by atoms with van der Waals surface area (Å²) in [7, 11) is 0. The van der Waals surface area contributed by atoms with Gasteiger partial charge in [-0.15, -0.1) is 11.3 Å². The first-order valence-corrected chi connectivity index (χ1v) is 7.58. The molecule has 2 aromatic rings. The second-order valence-electron chi connectivity index (χ2n) is 3.60. The molecule has 17 heavy (non-hydrogen) atoms. The molecule has 2 rings (SSSR count). The Balaban J connectivity index is 2.14. The van der Waals surface area contributed by atoms with E-state index >= 15 is 0 Å². The van der Waals surface area contributed by atoms with Gasteiger partial charge in [0.05, 0.1) is 15.5 Å². The molecule has 1 aromatic carbocycles. The van der Waals surface area contributed by atoms with Crippen LogP contribution in [-0.2, 0) is 6.42 Å². The second-order valence-corrected chi connectivity index (χ2v) is 6.97. The van der Waals surface area contributed by atoms with Gasteiger partial charge in [0.2, 0.25) is 0 Å². The van der Waals surface area contributed by atoms with E-state index in [1.165, 1.54) is 11.3 Å². The quantitative estimate of drug-likeness (QED) is 0.726. The lowest BCUT2D eigenvalue weighted by molar-refractivity contribution is 0.179. The Morgan fingerprint density at radius 3 is 2.59 bits per heavy atom. The fraction of sp³-hybridized carbons (Fsp3) is 0.167. The molecular weight excluding hydrogens is 390 g/mol. The molecule has 0 saturated carbocycles. The van der Waals surface area contributed by atoms with Gasteiger partial charge < -0.3 is 5.11 Å². The highest BCUT2D eigenvalue weighted by Gasteiger charge is 2.11. The molecule has 0 radical (unpaired) electrons. The molecule has 0 bridgehead atoms. The van der Waals surface area contributed by atoms with Crippen molar-refractivity contribution in [3.8, 4) is 0 Å². The topological polar surface area (TPSA) is 20.2 Å². The van der Waals surface area contributed by atoms with Gasteiger partial charge in [-0.05, 0) is 52.4 Å². The van der Waals surface area contributed by atoms with Crippen molar-refractivity contribution in [1.82, 2.24) is 0 Å². The minimum absolute atomic E-state index is 0.542. The van der Waals surface area contributed by atoms with Crippen LogP contribution in [-0.4, -0.2) is 5.11 Å². The number of hydrogen-bond donors (Lipinski definition) is 1. The largest absolute Gasteiger partial charge is 0.388 e. The summed E-state index contributed by atoms with van der Waals surface area (Å²) in [6, 6.07) is 9.39. The second kappa shape index (κ2) is 5.89. The summed E-state index contributed by atoms with van der Waals surface area (Å²) in [5.41, 5.74) is 0.833. The van der Waals surface area contributed by atoms with Crippen LogP contribution in [0.4, 0.5) is 0 Å². The summed E-state index contributed by atoms with van der Waals surface area (Å²) in [5.74, 6) is 0. The molecule has 0 spiro atoms. The molecule has 1 nitrogen and oxygen atoms in total. The number of aliphatic hydroxyl groups is 1. The third-order valence-corrected chi connectivity index (χ3v) is 5.18. The highest BCUT2D eigenvalue weighted by atomic mass is 127. The third kappa shape index (κ3) is 3.58. The number of halogens is 3. The Morgan fingerprint density at radius 2 is 2.00 bits per heavy atom. The smallest absolute Gasteiger partial charge is 0.0931 e. The van der Waals surface area contributed by atoms with Gasteiger partial charge >= 0.3 is 0 Å². The first-order chi connectivity index (χ1) is 8.06. The number of hydrogen-bond acceptors (Lipinski definition) is 2. The van der Waals surface area contributed by atoms with Crippen LogP contribution < -0.4 is 0 Å². The molecule has 1 unspecified atom stereocenters. The average Bonchev–Trinajstić information content (AvgIpc) is 2.68. The summed E-state index contributed by atoms with van der Waals surface area (Å²) in [6.45, 7) is 0. The first-order valence-electron chi connectivity index (χ1n) is 4.93. The molecule has 0 aliphatic rings. The fourth-order valence-electron chi connectivity index (χ4n) is 1.49. The van der Waals surface area contributed by atoms with Gasteiger partial charge in [-0.1, -0.05) is 29.3 Å². The van der Waals surface area contributed by atoms with Crippen LogP contribution in [0.5, 0.6) is 0 Å². The number of aliphatic hydroxyl groups excluding tert-OH is 1. The summed E-state index contributed by atoms with van der Waals surface area (Å²) < 4.78 is 1.73. The Bertz CT molecular complexity index is 527. The zero-order chi connectivity index (χ0) is 12.4. The van der Waals surface area contributed by atoms with Crippen LogP contribution in [0.3, 0.4) is 0 Å². The van der Waals surface area contributed by atoms with Crippen molar-refractivity contribution >= 4 is 57.1 Å². The van der Waals surface area contributed by atoms with Crippen molar-refractivity contribution in [3.63, 3.8) is 0 Å². The van der Waals surface area contributed by atoms with Crippen molar-refractivity contribution < 1.29 is 5.11 Å². The Kier molecular flexibility index (Phi) is 4.72. The highest BCUT2D eigenvalue weighted by molar-refractivity contribution is 14.1. The number of rotatable bonds is 3. The number of thiophene rings is 1. The van der Waals surface area contributed by atoms with Crippen molar-refractivity contribution in [2.45, 2.75) is 12.5 Å². The van der Waals surface area contributed by atoms with Gasteiger partial charge in [0.15, 0.2) is 0 Å². The standard InChI is InChI=1S/C12H9Cl2IOS/c13-9-5-7(1-3-10(9)15)11(16)6-8-2-4-12(14)17-8/h1-5,11,16H,6H2. The normalized spacial score (nSPS) is 12.7. The van der Waals surface area contributed by atoms with Crippen molar-refractivity contribution in [1.29, 1.82) is 0 Å². The lowest BCUT2D eigenvalue weighted by atomic mass is 10.1. The molecule has 0 aliphatic carbocycles. The SMILES string of the molecule is OC(Cc1ccc(Cl)s1)c1ccc(I)c(Cl)c1. The molecule has 0 saturated heterocycles. The van der Waals surface area contributed by atoms with Gasteiger partial charge in [0.1, 0.15) is 0 Å². The minimum Gasteiger partial charge on any atom is -0.388 e. The molecule has 0 amide bonds. The zero-order valence-electron chi connectivity index (χ0n) is 8.66. The summed E-state index contributed by atoms with van der Waals surface area (Å²) in [5, 5.41) is 10.8.